The summed E-state index contributed by atoms with van der Waals surface area (Å²) >= 11 is 0. The molecule has 0 aliphatic carbocycles. The lowest BCUT2D eigenvalue weighted by Gasteiger charge is -2.15. The Morgan fingerprint density at radius 1 is 0.938 bits per heavy atom. The van der Waals surface area contributed by atoms with Crippen LogP contribution < -0.4 is 15.0 Å². The molecule has 1 heterocycles. The van der Waals surface area contributed by atoms with Gasteiger partial charge in [-0.3, -0.25) is 9.59 Å². The molecule has 0 aromatic heterocycles. The van der Waals surface area contributed by atoms with Crippen molar-refractivity contribution in [2.45, 2.75) is 0 Å². The molecule has 6 nitrogen and oxygen atoms in total. The molecule has 3 aromatic carbocycles. The lowest BCUT2D eigenvalue weighted by Crippen LogP contribution is -2.32. The lowest BCUT2D eigenvalue weighted by molar-refractivity contribution is -0.120. The third-order valence-corrected chi connectivity index (χ3v) is 4.90. The highest BCUT2D eigenvalue weighted by atomic mass is 19.2. The third kappa shape index (κ3) is 3.56. The van der Waals surface area contributed by atoms with E-state index in [0.29, 0.717) is 16.9 Å². The first kappa shape index (κ1) is 20.8. The smallest absolute Gasteiger partial charge is 0.282 e. The number of ether oxygens (including phenoxy) is 1. The summed E-state index contributed by atoms with van der Waals surface area (Å²) in [5.41, 5.74) is 0.972. The topological polar surface area (TPSA) is 82.4 Å². The number of rotatable bonds is 5. The maximum atomic E-state index is 13.7. The Hall–Kier alpha value is -4.51. The van der Waals surface area contributed by atoms with Crippen molar-refractivity contribution in [3.63, 3.8) is 0 Å². The predicted molar refractivity (Wildman–Crippen MR) is 114 cm³/mol. The van der Waals surface area contributed by atoms with Gasteiger partial charge in [-0.25, -0.2) is 13.7 Å². The van der Waals surface area contributed by atoms with E-state index < -0.39 is 23.4 Å². The van der Waals surface area contributed by atoms with E-state index in [0.717, 1.165) is 17.0 Å². The zero-order valence-electron chi connectivity index (χ0n) is 16.7. The number of para-hydroxylation sites is 1. The van der Waals surface area contributed by atoms with Gasteiger partial charge in [0.05, 0.1) is 30.0 Å². The van der Waals surface area contributed by atoms with Gasteiger partial charge in [0.25, 0.3) is 11.8 Å². The van der Waals surface area contributed by atoms with Crippen molar-refractivity contribution < 1.29 is 23.1 Å². The molecule has 0 unspecified atom stereocenters. The van der Waals surface area contributed by atoms with Crippen LogP contribution in [0.2, 0.25) is 0 Å². The fourth-order valence-electron chi connectivity index (χ4n) is 3.38. The molecule has 0 radical (unpaired) electrons. The second-order valence-electron chi connectivity index (χ2n) is 6.81. The molecule has 1 aliphatic rings. The van der Waals surface area contributed by atoms with Gasteiger partial charge >= 0.3 is 0 Å². The monoisotopic (exact) mass is 431 g/mol. The van der Waals surface area contributed by atoms with Crippen LogP contribution in [0.25, 0.3) is 5.57 Å². The first-order valence-corrected chi connectivity index (χ1v) is 9.43. The van der Waals surface area contributed by atoms with Gasteiger partial charge in [0.2, 0.25) is 0 Å². The van der Waals surface area contributed by atoms with E-state index >= 15 is 0 Å². The number of nitriles is 1. The van der Waals surface area contributed by atoms with E-state index in [4.69, 9.17) is 10.00 Å². The molecule has 0 saturated carbocycles. The van der Waals surface area contributed by atoms with Gasteiger partial charge in [-0.1, -0.05) is 18.2 Å². The molecule has 0 saturated heterocycles. The van der Waals surface area contributed by atoms with Crippen molar-refractivity contribution in [3.8, 4) is 11.8 Å². The number of imide groups is 1. The summed E-state index contributed by atoms with van der Waals surface area (Å²) in [6.45, 7) is 0. The average Bonchev–Trinajstić information content (AvgIpc) is 3.05. The standard InChI is InChI=1S/C24H15F2N3O3/c1-32-20-5-3-2-4-17(20)21-22(28-15-8-11-18(25)19(26)12-15)24(31)29(23(21)30)16-9-6-14(13-27)7-10-16/h2-12,28H,1H3. The molecule has 0 bridgehead atoms. The van der Waals surface area contributed by atoms with E-state index in [1.807, 2.05) is 6.07 Å². The van der Waals surface area contributed by atoms with E-state index in [1.165, 1.54) is 37.4 Å². The van der Waals surface area contributed by atoms with Crippen LogP contribution >= 0.6 is 0 Å². The number of nitrogens with zero attached hydrogens (tertiary/aromatic N) is 2. The fourth-order valence-corrected chi connectivity index (χ4v) is 3.38. The number of halogens is 2. The zero-order chi connectivity index (χ0) is 22.8. The van der Waals surface area contributed by atoms with Crippen LogP contribution in [-0.2, 0) is 9.59 Å². The molecule has 3 aromatic rings. The Morgan fingerprint density at radius 2 is 1.66 bits per heavy atom. The maximum absolute atomic E-state index is 13.7. The number of hydrogen-bond acceptors (Lipinski definition) is 5. The van der Waals surface area contributed by atoms with Crippen molar-refractivity contribution in [1.29, 1.82) is 5.26 Å². The van der Waals surface area contributed by atoms with Crippen molar-refractivity contribution in [3.05, 3.63) is 95.2 Å². The van der Waals surface area contributed by atoms with Crippen LogP contribution in [0.15, 0.2) is 72.4 Å². The first-order chi connectivity index (χ1) is 15.4. The summed E-state index contributed by atoms with van der Waals surface area (Å²) in [4.78, 5) is 27.7. The van der Waals surface area contributed by atoms with Gasteiger partial charge in [-0.15, -0.1) is 0 Å². The first-order valence-electron chi connectivity index (χ1n) is 9.43. The second kappa shape index (κ2) is 8.32. The van der Waals surface area contributed by atoms with Gasteiger partial charge in [0.15, 0.2) is 11.6 Å². The Kier molecular flexibility index (Phi) is 5.39. The van der Waals surface area contributed by atoms with E-state index in [-0.39, 0.29) is 22.6 Å². The Bertz CT molecular complexity index is 1310. The molecule has 2 amide bonds. The van der Waals surface area contributed by atoms with Crippen LogP contribution in [0, 0.1) is 23.0 Å². The number of methoxy groups -OCH3 is 1. The van der Waals surface area contributed by atoms with Gasteiger partial charge in [-0.05, 0) is 42.5 Å². The van der Waals surface area contributed by atoms with Crippen LogP contribution in [-0.4, -0.2) is 18.9 Å². The highest BCUT2D eigenvalue weighted by Crippen LogP contribution is 2.37. The Labute approximate surface area is 182 Å². The molecule has 32 heavy (non-hydrogen) atoms. The molecule has 1 N–H and O–H groups in total. The largest absolute Gasteiger partial charge is 0.496 e. The summed E-state index contributed by atoms with van der Waals surface area (Å²) < 4.78 is 32.4. The van der Waals surface area contributed by atoms with E-state index in [9.17, 15) is 18.4 Å². The van der Waals surface area contributed by atoms with E-state index in [1.54, 1.807) is 24.3 Å². The minimum Gasteiger partial charge on any atom is -0.496 e. The third-order valence-electron chi connectivity index (χ3n) is 4.90. The second-order valence-corrected chi connectivity index (χ2v) is 6.81. The summed E-state index contributed by atoms with van der Waals surface area (Å²) in [5.74, 6) is -3.10. The van der Waals surface area contributed by atoms with E-state index in [2.05, 4.69) is 5.32 Å². The lowest BCUT2D eigenvalue weighted by atomic mass is 10.0. The van der Waals surface area contributed by atoms with Crippen LogP contribution in [0.1, 0.15) is 11.1 Å². The highest BCUT2D eigenvalue weighted by molar-refractivity contribution is 6.46. The fraction of sp³-hybridized carbons (Fsp3) is 0.0417. The minimum absolute atomic E-state index is 0.0153. The van der Waals surface area contributed by atoms with Gasteiger partial charge < -0.3 is 10.1 Å². The Balaban J connectivity index is 1.85. The summed E-state index contributed by atoms with van der Waals surface area (Å²) in [7, 11) is 1.43. The highest BCUT2D eigenvalue weighted by Gasteiger charge is 2.41. The van der Waals surface area contributed by atoms with Crippen molar-refractivity contribution in [2.24, 2.45) is 0 Å². The van der Waals surface area contributed by atoms with Gasteiger partial charge in [-0.2, -0.15) is 5.26 Å². The molecule has 8 heteroatoms. The van der Waals surface area contributed by atoms with Gasteiger partial charge in [0, 0.05) is 17.3 Å². The van der Waals surface area contributed by atoms with Crippen LogP contribution in [0.5, 0.6) is 5.75 Å². The predicted octanol–water partition coefficient (Wildman–Crippen LogP) is 4.24. The van der Waals surface area contributed by atoms with Crippen LogP contribution in [0.4, 0.5) is 20.2 Å². The number of hydrogen-bond donors (Lipinski definition) is 1. The molecular weight excluding hydrogens is 416 g/mol. The molecule has 4 rings (SSSR count). The molecular formula is C24H15F2N3O3. The number of nitrogens with one attached hydrogen (secondary N) is 1. The molecule has 0 fully saturated rings. The number of amides is 2. The average molecular weight is 431 g/mol. The molecule has 0 atom stereocenters. The maximum Gasteiger partial charge on any atom is 0.282 e. The summed E-state index contributed by atoms with van der Waals surface area (Å²) in [6.07, 6.45) is 0. The number of benzene rings is 3. The molecule has 1 aliphatic heterocycles. The van der Waals surface area contributed by atoms with Crippen molar-refractivity contribution in [1.82, 2.24) is 0 Å². The van der Waals surface area contributed by atoms with Gasteiger partial charge in [0.1, 0.15) is 11.4 Å². The number of carbonyl (C=O) groups excluding carboxylic acids is 2. The minimum atomic E-state index is -1.10. The summed E-state index contributed by atoms with van der Waals surface area (Å²) in [6, 6.07) is 17.6. The van der Waals surface area contributed by atoms with Crippen molar-refractivity contribution >= 4 is 28.8 Å². The SMILES string of the molecule is COc1ccccc1C1=C(Nc2ccc(F)c(F)c2)C(=O)N(c2ccc(C#N)cc2)C1=O. The Morgan fingerprint density at radius 3 is 2.31 bits per heavy atom. The zero-order valence-corrected chi connectivity index (χ0v) is 16.7. The van der Waals surface area contributed by atoms with Crippen molar-refractivity contribution in [2.75, 3.05) is 17.3 Å². The number of carbonyl (C=O) groups is 2. The van der Waals surface area contributed by atoms with Crippen LogP contribution in [0.3, 0.4) is 0 Å². The normalized spacial score (nSPS) is 13.4. The number of anilines is 2. The summed E-state index contributed by atoms with van der Waals surface area (Å²) in [5, 5.41) is 11.8. The molecule has 158 valence electrons. The quantitative estimate of drug-likeness (QED) is 0.611. The molecule has 0 spiro atoms.